The standard InChI is InChI=1S/C11H6ClF3N4O2/c12-7-4-5(9(10(20)21)19-18-7)16-8-3-1-2-6(17-8)11(13,14)15/h1-4H,(H,20,21)(H,16,17,18). The molecule has 0 aliphatic rings. The largest absolute Gasteiger partial charge is 0.476 e. The Morgan fingerprint density at radius 1 is 1.29 bits per heavy atom. The summed E-state index contributed by atoms with van der Waals surface area (Å²) in [6.45, 7) is 0. The number of aromatic nitrogens is 3. The summed E-state index contributed by atoms with van der Waals surface area (Å²) in [5, 5.41) is 17.9. The Bertz CT molecular complexity index is 693. The maximum absolute atomic E-state index is 12.6. The third-order valence-electron chi connectivity index (χ3n) is 2.27. The quantitative estimate of drug-likeness (QED) is 0.904. The molecule has 2 rings (SSSR count). The molecule has 0 aliphatic carbocycles. The molecule has 2 heterocycles. The molecule has 0 atom stereocenters. The molecule has 0 unspecified atom stereocenters. The first-order chi connectivity index (χ1) is 9.77. The summed E-state index contributed by atoms with van der Waals surface area (Å²) in [6.07, 6.45) is -4.61. The van der Waals surface area contributed by atoms with Crippen LogP contribution in [0.4, 0.5) is 24.7 Å². The average Bonchev–Trinajstić information content (AvgIpc) is 2.37. The summed E-state index contributed by atoms with van der Waals surface area (Å²) in [4.78, 5) is 14.3. The van der Waals surface area contributed by atoms with Crippen molar-refractivity contribution < 1.29 is 23.1 Å². The zero-order valence-corrected chi connectivity index (χ0v) is 10.8. The number of carboxylic acids is 1. The van der Waals surface area contributed by atoms with Crippen LogP contribution in [0.1, 0.15) is 16.2 Å². The molecular formula is C11H6ClF3N4O2. The van der Waals surface area contributed by atoms with Gasteiger partial charge in [0.15, 0.2) is 10.8 Å². The topological polar surface area (TPSA) is 88.0 Å². The number of carbonyl (C=O) groups is 1. The molecule has 6 nitrogen and oxygen atoms in total. The molecule has 0 radical (unpaired) electrons. The van der Waals surface area contributed by atoms with Gasteiger partial charge < -0.3 is 10.4 Å². The van der Waals surface area contributed by atoms with E-state index in [1.807, 2.05) is 0 Å². The molecule has 0 amide bonds. The lowest BCUT2D eigenvalue weighted by atomic mass is 10.3. The van der Waals surface area contributed by atoms with Crippen LogP contribution in [-0.4, -0.2) is 26.3 Å². The highest BCUT2D eigenvalue weighted by atomic mass is 35.5. The van der Waals surface area contributed by atoms with Gasteiger partial charge in [-0.25, -0.2) is 9.78 Å². The highest BCUT2D eigenvalue weighted by Crippen LogP contribution is 2.29. The van der Waals surface area contributed by atoms with Crippen molar-refractivity contribution in [1.82, 2.24) is 15.2 Å². The van der Waals surface area contributed by atoms with E-state index in [9.17, 15) is 18.0 Å². The van der Waals surface area contributed by atoms with Crippen molar-refractivity contribution in [3.8, 4) is 0 Å². The predicted molar refractivity (Wildman–Crippen MR) is 66.5 cm³/mol. The smallest absolute Gasteiger partial charge is 0.433 e. The van der Waals surface area contributed by atoms with Crippen molar-refractivity contribution in [1.29, 1.82) is 0 Å². The van der Waals surface area contributed by atoms with Crippen LogP contribution in [0.25, 0.3) is 0 Å². The number of aromatic carboxylic acids is 1. The second-order valence-corrected chi connectivity index (χ2v) is 4.15. The van der Waals surface area contributed by atoms with Crippen molar-refractivity contribution in [2.45, 2.75) is 6.18 Å². The second-order valence-electron chi connectivity index (χ2n) is 3.77. The predicted octanol–water partition coefficient (Wildman–Crippen LogP) is 2.99. The van der Waals surface area contributed by atoms with Crippen LogP contribution >= 0.6 is 11.6 Å². The number of nitrogens with zero attached hydrogens (tertiary/aromatic N) is 3. The Kier molecular flexibility index (Phi) is 3.94. The van der Waals surface area contributed by atoms with Gasteiger partial charge in [0.1, 0.15) is 11.5 Å². The second kappa shape index (κ2) is 5.52. The van der Waals surface area contributed by atoms with E-state index in [-0.39, 0.29) is 16.7 Å². The van der Waals surface area contributed by atoms with Crippen molar-refractivity contribution in [3.05, 3.63) is 40.8 Å². The summed E-state index contributed by atoms with van der Waals surface area (Å²) in [7, 11) is 0. The maximum atomic E-state index is 12.6. The lowest BCUT2D eigenvalue weighted by Gasteiger charge is -2.10. The van der Waals surface area contributed by atoms with Crippen LogP contribution < -0.4 is 5.32 Å². The number of hydrogen-bond acceptors (Lipinski definition) is 5. The first kappa shape index (κ1) is 15.0. The van der Waals surface area contributed by atoms with Crippen LogP contribution in [0.5, 0.6) is 0 Å². The molecule has 2 aromatic heterocycles. The highest BCUT2D eigenvalue weighted by Gasteiger charge is 2.32. The van der Waals surface area contributed by atoms with E-state index in [0.29, 0.717) is 0 Å². The summed E-state index contributed by atoms with van der Waals surface area (Å²) in [5.41, 5.74) is -1.72. The van der Waals surface area contributed by atoms with E-state index < -0.39 is 23.5 Å². The molecule has 2 aromatic rings. The van der Waals surface area contributed by atoms with Crippen LogP contribution in [-0.2, 0) is 6.18 Å². The molecule has 21 heavy (non-hydrogen) atoms. The summed E-state index contributed by atoms with van der Waals surface area (Å²) in [5.74, 6) is -1.61. The molecule has 0 aromatic carbocycles. The van der Waals surface area contributed by atoms with Gasteiger partial charge in [0.2, 0.25) is 0 Å². The SMILES string of the molecule is O=C(O)c1nnc(Cl)cc1Nc1cccc(C(F)(F)F)n1. The lowest BCUT2D eigenvalue weighted by Crippen LogP contribution is -2.11. The van der Waals surface area contributed by atoms with E-state index in [4.69, 9.17) is 16.7 Å². The number of nitrogens with one attached hydrogen (secondary N) is 1. The lowest BCUT2D eigenvalue weighted by molar-refractivity contribution is -0.141. The molecule has 0 bridgehead atoms. The first-order valence-corrected chi connectivity index (χ1v) is 5.73. The molecule has 0 saturated carbocycles. The van der Waals surface area contributed by atoms with Crippen LogP contribution in [0.3, 0.4) is 0 Å². The van der Waals surface area contributed by atoms with Gasteiger partial charge in [0, 0.05) is 6.07 Å². The van der Waals surface area contributed by atoms with E-state index in [1.165, 1.54) is 6.07 Å². The molecule has 0 aliphatic heterocycles. The number of carboxylic acid groups (broad SMARTS) is 1. The molecule has 0 spiro atoms. The van der Waals surface area contributed by atoms with Gasteiger partial charge in [-0.3, -0.25) is 0 Å². The zero-order chi connectivity index (χ0) is 15.6. The van der Waals surface area contributed by atoms with E-state index in [1.54, 1.807) is 0 Å². The Labute approximate surface area is 120 Å². The van der Waals surface area contributed by atoms with Gasteiger partial charge >= 0.3 is 12.1 Å². The van der Waals surface area contributed by atoms with Gasteiger partial charge in [-0.05, 0) is 12.1 Å². The number of pyridine rings is 1. The monoisotopic (exact) mass is 318 g/mol. The Morgan fingerprint density at radius 3 is 2.62 bits per heavy atom. The third kappa shape index (κ3) is 3.57. The summed E-state index contributed by atoms with van der Waals surface area (Å²) < 4.78 is 37.7. The molecule has 2 N–H and O–H groups in total. The Balaban J connectivity index is 2.39. The average molecular weight is 319 g/mol. The Hall–Kier alpha value is -2.42. The minimum Gasteiger partial charge on any atom is -0.476 e. The fourth-order valence-corrected chi connectivity index (χ4v) is 1.57. The molecule has 10 heteroatoms. The molecule has 0 fully saturated rings. The zero-order valence-electron chi connectivity index (χ0n) is 10.0. The fourth-order valence-electron chi connectivity index (χ4n) is 1.42. The summed E-state index contributed by atoms with van der Waals surface area (Å²) >= 11 is 5.58. The van der Waals surface area contributed by atoms with Crippen molar-refractivity contribution in [2.24, 2.45) is 0 Å². The first-order valence-electron chi connectivity index (χ1n) is 5.35. The molecule has 110 valence electrons. The van der Waals surface area contributed by atoms with Crippen LogP contribution in [0, 0.1) is 0 Å². The van der Waals surface area contributed by atoms with E-state index >= 15 is 0 Å². The van der Waals surface area contributed by atoms with Crippen molar-refractivity contribution >= 4 is 29.1 Å². The van der Waals surface area contributed by atoms with E-state index in [0.717, 1.165) is 18.2 Å². The fraction of sp³-hybridized carbons (Fsp3) is 0.0909. The van der Waals surface area contributed by atoms with Crippen molar-refractivity contribution in [2.75, 3.05) is 5.32 Å². The van der Waals surface area contributed by atoms with Gasteiger partial charge in [-0.15, -0.1) is 10.2 Å². The van der Waals surface area contributed by atoms with Crippen LogP contribution in [0.15, 0.2) is 24.3 Å². The molecular weight excluding hydrogens is 313 g/mol. The number of rotatable bonds is 3. The van der Waals surface area contributed by atoms with Crippen molar-refractivity contribution in [3.63, 3.8) is 0 Å². The number of alkyl halides is 3. The van der Waals surface area contributed by atoms with Gasteiger partial charge in [0.25, 0.3) is 0 Å². The maximum Gasteiger partial charge on any atom is 0.433 e. The van der Waals surface area contributed by atoms with Crippen LogP contribution in [0.2, 0.25) is 5.15 Å². The highest BCUT2D eigenvalue weighted by molar-refractivity contribution is 6.29. The number of hydrogen-bond donors (Lipinski definition) is 2. The van der Waals surface area contributed by atoms with E-state index in [2.05, 4.69) is 20.5 Å². The van der Waals surface area contributed by atoms with Gasteiger partial charge in [0.05, 0.1) is 5.69 Å². The van der Waals surface area contributed by atoms with Gasteiger partial charge in [-0.2, -0.15) is 13.2 Å². The Morgan fingerprint density at radius 2 is 2.00 bits per heavy atom. The van der Waals surface area contributed by atoms with Gasteiger partial charge in [-0.1, -0.05) is 17.7 Å². The summed E-state index contributed by atoms with van der Waals surface area (Å²) in [6, 6.07) is 4.30. The minimum absolute atomic E-state index is 0.116. The third-order valence-corrected chi connectivity index (χ3v) is 2.45. The number of anilines is 2. The normalized spacial score (nSPS) is 11.2. The number of halogens is 4. The minimum atomic E-state index is -4.61. The molecule has 0 saturated heterocycles.